The van der Waals surface area contributed by atoms with Crippen LogP contribution >= 0.6 is 0 Å². The van der Waals surface area contributed by atoms with Gasteiger partial charge in [-0.05, 0) is 31.9 Å². The van der Waals surface area contributed by atoms with Crippen LogP contribution in [0.3, 0.4) is 0 Å². The van der Waals surface area contributed by atoms with Crippen LogP contribution in [-0.2, 0) is 6.42 Å². The van der Waals surface area contributed by atoms with E-state index in [2.05, 4.69) is 12.2 Å². The summed E-state index contributed by atoms with van der Waals surface area (Å²) in [5.74, 6) is 1.05. The molecule has 1 aromatic rings. The van der Waals surface area contributed by atoms with Gasteiger partial charge in [0, 0.05) is 24.5 Å². The van der Waals surface area contributed by atoms with Crippen molar-refractivity contribution in [3.63, 3.8) is 0 Å². The molecule has 0 aliphatic heterocycles. The smallest absolute Gasteiger partial charge is 0.105 e. The third-order valence-corrected chi connectivity index (χ3v) is 2.78. The lowest BCUT2D eigenvalue weighted by molar-refractivity contribution is 0.267. The Hall–Kier alpha value is -0.800. The Morgan fingerprint density at radius 2 is 2.43 bits per heavy atom. The maximum atomic E-state index is 5.72. The Labute approximate surface area is 84.7 Å². The maximum absolute atomic E-state index is 5.72. The Morgan fingerprint density at radius 3 is 3.00 bits per heavy atom. The van der Waals surface area contributed by atoms with Crippen LogP contribution in [0.15, 0.2) is 22.8 Å². The van der Waals surface area contributed by atoms with Crippen molar-refractivity contribution in [3.05, 3.63) is 24.2 Å². The van der Waals surface area contributed by atoms with Gasteiger partial charge < -0.3 is 15.5 Å². The van der Waals surface area contributed by atoms with Gasteiger partial charge in [0.25, 0.3) is 0 Å². The highest BCUT2D eigenvalue weighted by molar-refractivity contribution is 5.00. The zero-order chi connectivity index (χ0) is 9.97. The largest absolute Gasteiger partial charge is 0.469 e. The van der Waals surface area contributed by atoms with Gasteiger partial charge in [-0.15, -0.1) is 0 Å². The Morgan fingerprint density at radius 1 is 1.64 bits per heavy atom. The molecular formula is C11H18N2O. The fraction of sp³-hybridized carbons (Fsp3) is 0.636. The fourth-order valence-corrected chi connectivity index (χ4v) is 1.99. The van der Waals surface area contributed by atoms with Gasteiger partial charge in [-0.1, -0.05) is 0 Å². The molecule has 1 unspecified atom stereocenters. The highest BCUT2D eigenvalue weighted by Crippen LogP contribution is 2.18. The second-order valence-electron chi connectivity index (χ2n) is 4.28. The van der Waals surface area contributed by atoms with Crippen LogP contribution in [0.25, 0.3) is 0 Å². The van der Waals surface area contributed by atoms with E-state index in [1.165, 1.54) is 0 Å². The first-order valence-corrected chi connectivity index (χ1v) is 5.28. The standard InChI is InChI=1S/C11H18N2O/c1-8(5-11-3-2-4-14-11)13-10-6-9(12)7-10/h2-4,8-10,13H,5-7,12H2,1H3. The zero-order valence-electron chi connectivity index (χ0n) is 8.57. The van der Waals surface area contributed by atoms with Crippen molar-refractivity contribution in [1.29, 1.82) is 0 Å². The van der Waals surface area contributed by atoms with Crippen molar-refractivity contribution in [2.24, 2.45) is 5.73 Å². The summed E-state index contributed by atoms with van der Waals surface area (Å²) in [5, 5.41) is 3.54. The molecule has 0 bridgehead atoms. The molecule has 1 aliphatic carbocycles. The van der Waals surface area contributed by atoms with Crippen LogP contribution in [0, 0.1) is 0 Å². The van der Waals surface area contributed by atoms with Gasteiger partial charge in [0.1, 0.15) is 5.76 Å². The molecule has 0 aromatic carbocycles. The van der Waals surface area contributed by atoms with Crippen molar-refractivity contribution in [2.75, 3.05) is 0 Å². The number of nitrogens with two attached hydrogens (primary N) is 1. The van der Waals surface area contributed by atoms with Gasteiger partial charge in [-0.3, -0.25) is 0 Å². The number of furan rings is 1. The van der Waals surface area contributed by atoms with E-state index in [1.54, 1.807) is 6.26 Å². The van der Waals surface area contributed by atoms with Gasteiger partial charge >= 0.3 is 0 Å². The van der Waals surface area contributed by atoms with E-state index in [4.69, 9.17) is 10.2 Å². The molecule has 14 heavy (non-hydrogen) atoms. The number of rotatable bonds is 4. The molecule has 1 aliphatic rings. The lowest BCUT2D eigenvalue weighted by atomic mass is 9.87. The van der Waals surface area contributed by atoms with E-state index >= 15 is 0 Å². The van der Waals surface area contributed by atoms with Gasteiger partial charge in [-0.25, -0.2) is 0 Å². The molecule has 1 saturated carbocycles. The highest BCUT2D eigenvalue weighted by Gasteiger charge is 2.26. The van der Waals surface area contributed by atoms with Gasteiger partial charge in [0.15, 0.2) is 0 Å². The van der Waals surface area contributed by atoms with E-state index in [1.807, 2.05) is 12.1 Å². The first kappa shape index (κ1) is 9.74. The molecule has 1 heterocycles. The Bertz CT molecular complexity index is 265. The summed E-state index contributed by atoms with van der Waals surface area (Å²) in [6.45, 7) is 2.19. The number of hydrogen-bond donors (Lipinski definition) is 2. The highest BCUT2D eigenvalue weighted by atomic mass is 16.3. The van der Waals surface area contributed by atoms with Crippen LogP contribution in [0.5, 0.6) is 0 Å². The third kappa shape index (κ3) is 2.36. The second kappa shape index (κ2) is 4.15. The minimum Gasteiger partial charge on any atom is -0.469 e. The van der Waals surface area contributed by atoms with Gasteiger partial charge in [-0.2, -0.15) is 0 Å². The molecule has 0 amide bonds. The second-order valence-corrected chi connectivity index (χ2v) is 4.28. The number of hydrogen-bond acceptors (Lipinski definition) is 3. The van der Waals surface area contributed by atoms with Crippen LogP contribution in [0.1, 0.15) is 25.5 Å². The molecule has 0 spiro atoms. The Balaban J connectivity index is 1.71. The average Bonchev–Trinajstić information content (AvgIpc) is 2.54. The predicted octanol–water partition coefficient (Wildman–Crippen LogP) is 1.29. The SMILES string of the molecule is CC(Cc1ccco1)NC1CC(N)C1. The first-order chi connectivity index (χ1) is 6.74. The topological polar surface area (TPSA) is 51.2 Å². The molecule has 3 heteroatoms. The average molecular weight is 194 g/mol. The van der Waals surface area contributed by atoms with E-state index < -0.39 is 0 Å². The molecule has 1 atom stereocenters. The number of nitrogens with one attached hydrogen (secondary N) is 1. The van der Waals surface area contributed by atoms with E-state index in [9.17, 15) is 0 Å². The van der Waals surface area contributed by atoms with Crippen LogP contribution in [0.4, 0.5) is 0 Å². The molecule has 0 radical (unpaired) electrons. The first-order valence-electron chi connectivity index (χ1n) is 5.28. The predicted molar refractivity (Wildman–Crippen MR) is 56.0 cm³/mol. The van der Waals surface area contributed by atoms with E-state index in [0.29, 0.717) is 18.1 Å². The molecular weight excluding hydrogens is 176 g/mol. The fourth-order valence-electron chi connectivity index (χ4n) is 1.99. The normalized spacial score (nSPS) is 28.4. The molecule has 78 valence electrons. The minimum atomic E-state index is 0.420. The Kier molecular flexibility index (Phi) is 2.89. The molecule has 1 fully saturated rings. The van der Waals surface area contributed by atoms with Crippen molar-refractivity contribution >= 4 is 0 Å². The van der Waals surface area contributed by atoms with Crippen molar-refractivity contribution in [2.45, 2.75) is 44.3 Å². The van der Waals surface area contributed by atoms with Crippen molar-refractivity contribution in [1.82, 2.24) is 5.32 Å². The summed E-state index contributed by atoms with van der Waals surface area (Å²) in [7, 11) is 0. The van der Waals surface area contributed by atoms with Crippen LogP contribution < -0.4 is 11.1 Å². The summed E-state index contributed by atoms with van der Waals surface area (Å²) in [5.41, 5.74) is 5.72. The molecule has 2 rings (SSSR count). The monoisotopic (exact) mass is 194 g/mol. The summed E-state index contributed by atoms with van der Waals surface area (Å²) >= 11 is 0. The van der Waals surface area contributed by atoms with Crippen LogP contribution in [-0.4, -0.2) is 18.1 Å². The maximum Gasteiger partial charge on any atom is 0.105 e. The molecule has 0 saturated heterocycles. The quantitative estimate of drug-likeness (QED) is 0.759. The van der Waals surface area contributed by atoms with Gasteiger partial charge in [0.05, 0.1) is 6.26 Å². The lowest BCUT2D eigenvalue weighted by Gasteiger charge is -2.35. The molecule has 3 nitrogen and oxygen atoms in total. The van der Waals surface area contributed by atoms with Gasteiger partial charge in [0.2, 0.25) is 0 Å². The summed E-state index contributed by atoms with van der Waals surface area (Å²) in [4.78, 5) is 0. The van der Waals surface area contributed by atoms with E-state index in [0.717, 1.165) is 25.0 Å². The van der Waals surface area contributed by atoms with E-state index in [-0.39, 0.29) is 0 Å². The summed E-state index contributed by atoms with van der Waals surface area (Å²) < 4.78 is 5.29. The van der Waals surface area contributed by atoms with Crippen molar-refractivity contribution in [3.8, 4) is 0 Å². The lowest BCUT2D eigenvalue weighted by Crippen LogP contribution is -2.51. The summed E-state index contributed by atoms with van der Waals surface area (Å²) in [6, 6.07) is 5.46. The van der Waals surface area contributed by atoms with Crippen molar-refractivity contribution < 1.29 is 4.42 Å². The van der Waals surface area contributed by atoms with Crippen LogP contribution in [0.2, 0.25) is 0 Å². The zero-order valence-corrected chi connectivity index (χ0v) is 8.57. The molecule has 3 N–H and O–H groups in total. The molecule has 1 aromatic heterocycles. The summed E-state index contributed by atoms with van der Waals surface area (Å²) in [6.07, 6.45) is 4.91. The third-order valence-electron chi connectivity index (χ3n) is 2.78. The minimum absolute atomic E-state index is 0.420.